The smallest absolute Gasteiger partial charge is 0.341 e. The van der Waals surface area contributed by atoms with Crippen LogP contribution in [0.2, 0.25) is 0 Å². The normalized spacial score (nSPS) is 11.3. The van der Waals surface area contributed by atoms with E-state index in [1.165, 1.54) is 14.2 Å². The molecule has 0 bridgehead atoms. The lowest BCUT2D eigenvalue weighted by molar-refractivity contribution is -0.139. The number of hydrogen-bond donors (Lipinski definition) is 2. The lowest BCUT2D eigenvalue weighted by atomic mass is 10.1. The number of carboxylic acid groups (broad SMARTS) is 1. The van der Waals surface area contributed by atoms with Crippen molar-refractivity contribution in [2.75, 3.05) is 20.8 Å². The number of carbonyl (C=O) groups excluding carboxylic acids is 1. The highest BCUT2D eigenvalue weighted by Crippen LogP contribution is 2.23. The Hall–Kier alpha value is -3.22. The van der Waals surface area contributed by atoms with Crippen molar-refractivity contribution in [1.82, 2.24) is 5.32 Å². The summed E-state index contributed by atoms with van der Waals surface area (Å²) in [4.78, 5) is 23.0. The summed E-state index contributed by atoms with van der Waals surface area (Å²) in [5.41, 5.74) is 1.28. The molecule has 2 aromatic carbocycles. The first-order valence-electron chi connectivity index (χ1n) is 7.91. The third-order valence-corrected chi connectivity index (χ3v) is 3.70. The first kappa shape index (κ1) is 19.1. The van der Waals surface area contributed by atoms with Gasteiger partial charge in [0.15, 0.2) is 6.61 Å². The van der Waals surface area contributed by atoms with Crippen LogP contribution in [-0.4, -0.2) is 37.8 Å². The third kappa shape index (κ3) is 5.14. The Morgan fingerprint density at radius 1 is 1.00 bits per heavy atom. The van der Waals surface area contributed by atoms with Crippen molar-refractivity contribution in [3.8, 4) is 17.2 Å². The molecule has 138 valence electrons. The van der Waals surface area contributed by atoms with Crippen molar-refractivity contribution in [3.05, 3.63) is 53.6 Å². The second kappa shape index (κ2) is 8.75. The first-order valence-corrected chi connectivity index (χ1v) is 7.91. The van der Waals surface area contributed by atoms with Crippen LogP contribution in [0.15, 0.2) is 42.5 Å². The SMILES string of the molecule is COc1cc(OC)cc(C(=O)NC(C)c2ccc(OCC(=O)O)cc2)c1. The fraction of sp³-hybridized carbons (Fsp3) is 0.263. The minimum atomic E-state index is -1.04. The molecular formula is C19H21NO6. The Morgan fingerprint density at radius 2 is 1.58 bits per heavy atom. The van der Waals surface area contributed by atoms with Gasteiger partial charge in [-0.1, -0.05) is 12.1 Å². The second-order valence-electron chi connectivity index (χ2n) is 5.55. The molecule has 0 aliphatic rings. The summed E-state index contributed by atoms with van der Waals surface area (Å²) in [6, 6.07) is 11.6. The van der Waals surface area contributed by atoms with Crippen LogP contribution in [0.1, 0.15) is 28.9 Å². The second-order valence-corrected chi connectivity index (χ2v) is 5.55. The maximum Gasteiger partial charge on any atom is 0.341 e. The monoisotopic (exact) mass is 359 g/mol. The molecule has 0 aromatic heterocycles. The van der Waals surface area contributed by atoms with Crippen molar-refractivity contribution < 1.29 is 28.9 Å². The summed E-state index contributed by atoms with van der Waals surface area (Å²) in [6.07, 6.45) is 0. The number of hydrogen-bond acceptors (Lipinski definition) is 5. The molecule has 0 saturated carbocycles. The summed E-state index contributed by atoms with van der Waals surface area (Å²) in [5, 5.41) is 11.5. The van der Waals surface area contributed by atoms with Crippen molar-refractivity contribution in [2.24, 2.45) is 0 Å². The summed E-state index contributed by atoms with van der Waals surface area (Å²) in [5.74, 6) is 0.209. The number of benzene rings is 2. The molecule has 1 unspecified atom stereocenters. The molecule has 1 amide bonds. The highest BCUT2D eigenvalue weighted by atomic mass is 16.5. The van der Waals surface area contributed by atoms with Crippen LogP contribution in [-0.2, 0) is 4.79 Å². The lowest BCUT2D eigenvalue weighted by Gasteiger charge is -2.16. The average Bonchev–Trinajstić information content (AvgIpc) is 2.66. The Bertz CT molecular complexity index is 750. The fourth-order valence-electron chi connectivity index (χ4n) is 2.30. The number of methoxy groups -OCH3 is 2. The lowest BCUT2D eigenvalue weighted by Crippen LogP contribution is -2.26. The zero-order chi connectivity index (χ0) is 19.1. The van der Waals surface area contributed by atoms with E-state index >= 15 is 0 Å². The predicted octanol–water partition coefficient (Wildman–Crippen LogP) is 2.66. The van der Waals surface area contributed by atoms with Gasteiger partial charge in [-0.15, -0.1) is 0 Å². The highest BCUT2D eigenvalue weighted by molar-refractivity contribution is 5.95. The number of carboxylic acids is 1. The standard InChI is InChI=1S/C19H21NO6/c1-12(13-4-6-15(7-5-13)26-11-18(21)22)20-19(23)14-8-16(24-2)10-17(9-14)25-3/h4-10,12H,11H2,1-3H3,(H,20,23)(H,21,22). The molecule has 0 heterocycles. The van der Waals surface area contributed by atoms with Crippen LogP contribution < -0.4 is 19.5 Å². The van der Waals surface area contributed by atoms with E-state index in [4.69, 9.17) is 19.3 Å². The van der Waals surface area contributed by atoms with Gasteiger partial charge < -0.3 is 24.6 Å². The van der Waals surface area contributed by atoms with Gasteiger partial charge in [0.05, 0.1) is 20.3 Å². The molecule has 0 fully saturated rings. The Balaban J connectivity index is 2.05. The van der Waals surface area contributed by atoms with Gasteiger partial charge >= 0.3 is 5.97 Å². The molecule has 7 nitrogen and oxygen atoms in total. The van der Waals surface area contributed by atoms with E-state index in [2.05, 4.69) is 5.32 Å². The van der Waals surface area contributed by atoms with Crippen LogP contribution in [0.25, 0.3) is 0 Å². The number of amides is 1. The number of aliphatic carboxylic acids is 1. The van der Waals surface area contributed by atoms with Crippen molar-refractivity contribution >= 4 is 11.9 Å². The minimum Gasteiger partial charge on any atom is -0.497 e. The molecule has 1 atom stereocenters. The summed E-state index contributed by atoms with van der Waals surface area (Å²) in [7, 11) is 3.04. The molecule has 0 aliphatic carbocycles. The summed E-state index contributed by atoms with van der Waals surface area (Å²) in [6.45, 7) is 1.45. The van der Waals surface area contributed by atoms with Crippen molar-refractivity contribution in [1.29, 1.82) is 0 Å². The molecule has 0 aliphatic heterocycles. The molecule has 0 saturated heterocycles. The van der Waals surface area contributed by atoms with E-state index in [1.54, 1.807) is 42.5 Å². The van der Waals surface area contributed by atoms with E-state index in [9.17, 15) is 9.59 Å². The van der Waals surface area contributed by atoms with Gasteiger partial charge in [-0.25, -0.2) is 4.79 Å². The molecule has 2 rings (SSSR count). The van der Waals surface area contributed by atoms with Crippen molar-refractivity contribution in [3.63, 3.8) is 0 Å². The maximum atomic E-state index is 12.5. The molecule has 7 heteroatoms. The fourth-order valence-corrected chi connectivity index (χ4v) is 2.30. The van der Waals surface area contributed by atoms with E-state index in [0.717, 1.165) is 5.56 Å². The van der Waals surface area contributed by atoms with Crippen LogP contribution in [0.3, 0.4) is 0 Å². The van der Waals surface area contributed by atoms with Gasteiger partial charge in [-0.05, 0) is 36.8 Å². The summed E-state index contributed by atoms with van der Waals surface area (Å²) < 4.78 is 15.4. The van der Waals surface area contributed by atoms with Gasteiger partial charge in [0, 0.05) is 11.6 Å². The number of rotatable bonds is 8. The zero-order valence-electron chi connectivity index (χ0n) is 14.8. The number of carbonyl (C=O) groups is 2. The summed E-state index contributed by atoms with van der Waals surface area (Å²) >= 11 is 0. The van der Waals surface area contributed by atoms with Crippen LogP contribution in [0.5, 0.6) is 17.2 Å². The third-order valence-electron chi connectivity index (χ3n) is 3.70. The van der Waals surface area contributed by atoms with Crippen LogP contribution in [0, 0.1) is 0 Å². The molecule has 26 heavy (non-hydrogen) atoms. The van der Waals surface area contributed by atoms with Gasteiger partial charge in [-0.3, -0.25) is 4.79 Å². The van der Waals surface area contributed by atoms with Crippen LogP contribution >= 0.6 is 0 Å². The average molecular weight is 359 g/mol. The topological polar surface area (TPSA) is 94.1 Å². The minimum absolute atomic E-state index is 0.256. The number of nitrogens with one attached hydrogen (secondary N) is 1. The molecule has 0 radical (unpaired) electrons. The Labute approximate surface area is 151 Å². The Morgan fingerprint density at radius 3 is 2.08 bits per heavy atom. The largest absolute Gasteiger partial charge is 0.497 e. The van der Waals surface area contributed by atoms with Gasteiger partial charge in [0.2, 0.25) is 0 Å². The van der Waals surface area contributed by atoms with Gasteiger partial charge in [-0.2, -0.15) is 0 Å². The van der Waals surface area contributed by atoms with Gasteiger partial charge in [0.1, 0.15) is 17.2 Å². The van der Waals surface area contributed by atoms with E-state index < -0.39 is 12.6 Å². The van der Waals surface area contributed by atoms with E-state index in [1.807, 2.05) is 6.92 Å². The number of ether oxygens (including phenoxy) is 3. The van der Waals surface area contributed by atoms with E-state index in [-0.39, 0.29) is 11.9 Å². The highest BCUT2D eigenvalue weighted by Gasteiger charge is 2.14. The van der Waals surface area contributed by atoms with Gasteiger partial charge in [0.25, 0.3) is 5.91 Å². The van der Waals surface area contributed by atoms with Crippen molar-refractivity contribution in [2.45, 2.75) is 13.0 Å². The molecule has 2 N–H and O–H groups in total. The van der Waals surface area contributed by atoms with E-state index in [0.29, 0.717) is 22.8 Å². The molecular weight excluding hydrogens is 338 g/mol. The molecule has 0 spiro atoms. The molecule has 2 aromatic rings. The first-order chi connectivity index (χ1) is 12.4. The maximum absolute atomic E-state index is 12.5. The quantitative estimate of drug-likeness (QED) is 0.753. The zero-order valence-corrected chi connectivity index (χ0v) is 14.8. The predicted molar refractivity (Wildman–Crippen MR) is 95.0 cm³/mol. The Kier molecular flexibility index (Phi) is 6.43. The van der Waals surface area contributed by atoms with Crippen LogP contribution in [0.4, 0.5) is 0 Å².